The molecule has 0 amide bonds. The van der Waals surface area contributed by atoms with Crippen LogP contribution in [0, 0.1) is 17.7 Å². The molecule has 9 heteroatoms. The second-order valence-corrected chi connectivity index (χ2v) is 14.4. The highest BCUT2D eigenvalue weighted by atomic mass is 28.2. The number of aromatic nitrogens is 2. The van der Waals surface area contributed by atoms with Gasteiger partial charge in [0.2, 0.25) is 0 Å². The third-order valence-electron chi connectivity index (χ3n) is 9.13. The van der Waals surface area contributed by atoms with Crippen LogP contribution >= 0.6 is 0 Å². The molecule has 0 aliphatic carbocycles. The number of fused-ring (bicyclic) bond motifs is 1. The van der Waals surface area contributed by atoms with Gasteiger partial charge in [-0.2, -0.15) is 8.78 Å². The monoisotopic (exact) mass is 682 g/mol. The van der Waals surface area contributed by atoms with E-state index in [1.165, 1.54) is 50.7 Å². The zero-order chi connectivity index (χ0) is 34.4. The number of benzene rings is 2. The van der Waals surface area contributed by atoms with E-state index >= 15 is 13.2 Å². The minimum atomic E-state index is -3.46. The number of hydrogen-bond donors (Lipinski definition) is 0. The summed E-state index contributed by atoms with van der Waals surface area (Å²) in [6.45, 7) is 10.3. The Hall–Kier alpha value is -2.91. The molecule has 2 aromatic carbocycles. The van der Waals surface area contributed by atoms with Crippen LogP contribution in [0.2, 0.25) is 6.04 Å². The van der Waals surface area contributed by atoms with Gasteiger partial charge in [0.25, 0.3) is 0 Å². The number of nitrogens with zero attached hydrogens (tertiary/aromatic N) is 2. The highest BCUT2D eigenvalue weighted by Gasteiger charge is 2.53. The van der Waals surface area contributed by atoms with Gasteiger partial charge in [-0.1, -0.05) is 90.8 Å². The number of halogens is 3. The standard InChI is InChI=1S/C39H53F3N2O3Si/c1-5-7-9-13-22-45-23-14-12-18-35-39(41,42)36-34(46-35)20-19-32(37(36)40)38-43-26-30(27-44-38)31-16-10-11-17-33(31)47-48-24-21-29(4)25-28(3)15-8-6-2/h10-11,16-17,19-20,26-29,35H,5-9,12-15,18,21-25H2,1-4H3. The molecule has 2 radical (unpaired) electrons. The van der Waals surface area contributed by atoms with Gasteiger partial charge < -0.3 is 13.9 Å². The number of alkyl halides is 2. The Balaban J connectivity index is 1.32. The number of ether oxygens (including phenoxy) is 2. The fourth-order valence-corrected chi connectivity index (χ4v) is 7.39. The third kappa shape index (κ3) is 10.5. The molecule has 1 aromatic heterocycles. The normalized spacial score (nSPS) is 16.4. The molecule has 3 unspecified atom stereocenters. The van der Waals surface area contributed by atoms with Gasteiger partial charge in [0.05, 0.1) is 5.56 Å². The molecule has 0 spiro atoms. The molecule has 4 rings (SSSR count). The molecular formula is C39H53F3N2O3Si. The molecule has 3 atom stereocenters. The fraction of sp³-hybridized carbons (Fsp3) is 0.590. The molecule has 2 heterocycles. The largest absolute Gasteiger partial charge is 0.540 e. The van der Waals surface area contributed by atoms with E-state index in [0.717, 1.165) is 42.5 Å². The van der Waals surface area contributed by atoms with E-state index in [4.69, 9.17) is 13.9 Å². The van der Waals surface area contributed by atoms with Crippen LogP contribution in [0.5, 0.6) is 11.5 Å². The first-order chi connectivity index (χ1) is 23.3. The van der Waals surface area contributed by atoms with Crippen molar-refractivity contribution >= 4 is 9.76 Å². The molecule has 1 aliphatic heterocycles. The van der Waals surface area contributed by atoms with Gasteiger partial charge in [-0.3, -0.25) is 0 Å². The first kappa shape index (κ1) is 37.9. The van der Waals surface area contributed by atoms with Crippen molar-refractivity contribution in [3.8, 4) is 34.0 Å². The average Bonchev–Trinajstić information content (AvgIpc) is 3.35. The number of para-hydroxylation sites is 1. The van der Waals surface area contributed by atoms with Gasteiger partial charge in [0, 0.05) is 36.7 Å². The fourth-order valence-electron chi connectivity index (χ4n) is 6.34. The predicted octanol–water partition coefficient (Wildman–Crippen LogP) is 11.2. The van der Waals surface area contributed by atoms with Crippen molar-refractivity contribution in [2.45, 2.75) is 123 Å². The van der Waals surface area contributed by atoms with Gasteiger partial charge in [-0.05, 0) is 68.2 Å². The lowest BCUT2D eigenvalue weighted by Gasteiger charge is -2.18. The smallest absolute Gasteiger partial charge is 0.315 e. The molecule has 0 N–H and O–H groups in total. The van der Waals surface area contributed by atoms with E-state index in [1.807, 2.05) is 24.3 Å². The SMILES string of the molecule is CCCCCCOCCCCC1Oc2ccc(-c3ncc(-c4ccccc4O[Si]CCC(C)CC(C)CCCC)cn3)c(F)c2C1(F)F. The molecular weight excluding hydrogens is 630 g/mol. The Morgan fingerprint density at radius 2 is 1.56 bits per heavy atom. The Morgan fingerprint density at radius 3 is 2.31 bits per heavy atom. The van der Waals surface area contributed by atoms with E-state index < -0.39 is 23.4 Å². The van der Waals surface area contributed by atoms with Crippen LogP contribution in [0.15, 0.2) is 48.8 Å². The molecule has 0 saturated carbocycles. The molecule has 0 saturated heterocycles. The van der Waals surface area contributed by atoms with E-state index in [1.54, 1.807) is 12.4 Å². The van der Waals surface area contributed by atoms with Crippen molar-refractivity contribution in [2.24, 2.45) is 11.8 Å². The molecule has 0 bridgehead atoms. The highest BCUT2D eigenvalue weighted by molar-refractivity contribution is 6.28. The summed E-state index contributed by atoms with van der Waals surface area (Å²) >= 11 is 0. The summed E-state index contributed by atoms with van der Waals surface area (Å²) in [6, 6.07) is 11.5. The van der Waals surface area contributed by atoms with Crippen molar-refractivity contribution < 1.29 is 27.1 Å². The lowest BCUT2D eigenvalue weighted by atomic mass is 9.92. The minimum Gasteiger partial charge on any atom is -0.540 e. The maximum Gasteiger partial charge on any atom is 0.315 e. The molecule has 3 aromatic rings. The summed E-state index contributed by atoms with van der Waals surface area (Å²) in [7, 11) is 0.329. The van der Waals surface area contributed by atoms with Crippen LogP contribution in [0.1, 0.15) is 110 Å². The van der Waals surface area contributed by atoms with Crippen LogP contribution < -0.4 is 9.16 Å². The number of rotatable bonds is 22. The van der Waals surface area contributed by atoms with Gasteiger partial charge in [-0.15, -0.1) is 0 Å². The average molecular weight is 683 g/mol. The maximum absolute atomic E-state index is 15.7. The zero-order valence-electron chi connectivity index (χ0n) is 29.2. The third-order valence-corrected chi connectivity index (χ3v) is 9.98. The maximum atomic E-state index is 15.7. The first-order valence-electron chi connectivity index (χ1n) is 18.0. The van der Waals surface area contributed by atoms with Crippen molar-refractivity contribution in [1.29, 1.82) is 0 Å². The quantitative estimate of drug-likeness (QED) is 0.0780. The Labute approximate surface area is 288 Å². The Bertz CT molecular complexity index is 1390. The second-order valence-electron chi connectivity index (χ2n) is 13.4. The summed E-state index contributed by atoms with van der Waals surface area (Å²) in [4.78, 5) is 8.77. The summed E-state index contributed by atoms with van der Waals surface area (Å²) < 4.78 is 64.0. The summed E-state index contributed by atoms with van der Waals surface area (Å²) in [6.07, 6.45) is 13.8. The molecule has 1 aliphatic rings. The lowest BCUT2D eigenvalue weighted by molar-refractivity contribution is -0.0815. The summed E-state index contributed by atoms with van der Waals surface area (Å²) in [5.74, 6) is -2.43. The van der Waals surface area contributed by atoms with E-state index in [0.29, 0.717) is 47.3 Å². The zero-order valence-corrected chi connectivity index (χ0v) is 30.2. The van der Waals surface area contributed by atoms with Crippen LogP contribution in [-0.4, -0.2) is 39.0 Å². The van der Waals surface area contributed by atoms with E-state index in [9.17, 15) is 0 Å². The molecule has 5 nitrogen and oxygen atoms in total. The van der Waals surface area contributed by atoms with Crippen LogP contribution in [0.3, 0.4) is 0 Å². The van der Waals surface area contributed by atoms with E-state index in [2.05, 4.69) is 37.7 Å². The Kier molecular flexibility index (Phi) is 15.3. The van der Waals surface area contributed by atoms with Crippen molar-refractivity contribution in [1.82, 2.24) is 9.97 Å². The van der Waals surface area contributed by atoms with Crippen molar-refractivity contribution in [3.05, 3.63) is 60.2 Å². The highest BCUT2D eigenvalue weighted by Crippen LogP contribution is 2.50. The molecule has 48 heavy (non-hydrogen) atoms. The molecule has 262 valence electrons. The van der Waals surface area contributed by atoms with Crippen LogP contribution in [0.25, 0.3) is 22.5 Å². The van der Waals surface area contributed by atoms with Crippen molar-refractivity contribution in [3.63, 3.8) is 0 Å². The van der Waals surface area contributed by atoms with Gasteiger partial charge >= 0.3 is 15.7 Å². The van der Waals surface area contributed by atoms with Gasteiger partial charge in [0.1, 0.15) is 22.9 Å². The van der Waals surface area contributed by atoms with Gasteiger partial charge in [-0.25, -0.2) is 14.4 Å². The topological polar surface area (TPSA) is 53.5 Å². The van der Waals surface area contributed by atoms with Crippen molar-refractivity contribution in [2.75, 3.05) is 13.2 Å². The van der Waals surface area contributed by atoms with E-state index in [-0.39, 0.29) is 23.6 Å². The predicted molar refractivity (Wildman–Crippen MR) is 188 cm³/mol. The number of unbranched alkanes of at least 4 members (excludes halogenated alkanes) is 5. The summed E-state index contributed by atoms with van der Waals surface area (Å²) in [5.41, 5.74) is 0.744. The van der Waals surface area contributed by atoms with Crippen LogP contribution in [-0.2, 0) is 10.7 Å². The minimum absolute atomic E-state index is 0.0387. The van der Waals surface area contributed by atoms with Gasteiger partial charge in [0.15, 0.2) is 11.9 Å². The summed E-state index contributed by atoms with van der Waals surface area (Å²) in [5, 5.41) is 0. The molecule has 0 fully saturated rings. The van der Waals surface area contributed by atoms with Crippen LogP contribution in [0.4, 0.5) is 13.2 Å². The first-order valence-corrected chi connectivity index (χ1v) is 19.1. The Morgan fingerprint density at radius 1 is 0.854 bits per heavy atom. The lowest BCUT2D eigenvalue weighted by Crippen LogP contribution is -2.30. The second kappa shape index (κ2) is 19.3. The number of hydrogen-bond acceptors (Lipinski definition) is 5.